The number of tetrazole rings is 1. The fraction of sp³-hybridized carbons (Fsp3) is 0.222. The van der Waals surface area contributed by atoms with Crippen molar-refractivity contribution in [3.05, 3.63) is 64.9 Å². The minimum atomic E-state index is -0.301. The Kier molecular flexibility index (Phi) is 6.08. The van der Waals surface area contributed by atoms with Crippen molar-refractivity contribution in [2.45, 2.75) is 18.1 Å². The smallest absolute Gasteiger partial charge is 0.233 e. The Balaban J connectivity index is 1.65. The first-order chi connectivity index (χ1) is 13.0. The van der Waals surface area contributed by atoms with Crippen LogP contribution in [0.3, 0.4) is 0 Å². The van der Waals surface area contributed by atoms with Crippen LogP contribution in [0.5, 0.6) is 0 Å². The third-order valence-corrected chi connectivity index (χ3v) is 5.32. The van der Waals surface area contributed by atoms with Gasteiger partial charge in [0, 0.05) is 12.1 Å². The van der Waals surface area contributed by atoms with E-state index in [1.165, 1.54) is 23.9 Å². The van der Waals surface area contributed by atoms with Crippen LogP contribution in [-0.4, -0.2) is 43.8 Å². The van der Waals surface area contributed by atoms with E-state index in [2.05, 4.69) is 15.5 Å². The van der Waals surface area contributed by atoms with Crippen LogP contribution in [0.15, 0.2) is 53.7 Å². The summed E-state index contributed by atoms with van der Waals surface area (Å²) in [6.07, 6.45) is 0. The van der Waals surface area contributed by atoms with Gasteiger partial charge in [0.25, 0.3) is 0 Å². The zero-order valence-corrected chi connectivity index (χ0v) is 16.3. The summed E-state index contributed by atoms with van der Waals surface area (Å²) >= 11 is 7.15. The van der Waals surface area contributed by atoms with Gasteiger partial charge in [-0.2, -0.15) is 4.68 Å². The average Bonchev–Trinajstić information content (AvgIpc) is 3.14. The lowest BCUT2D eigenvalue weighted by molar-refractivity contribution is -0.128. The number of aromatic nitrogens is 4. The summed E-state index contributed by atoms with van der Waals surface area (Å²) in [6, 6.07) is 13.0. The molecule has 9 heteroatoms. The molecule has 1 heterocycles. The molecule has 1 unspecified atom stereocenters. The van der Waals surface area contributed by atoms with Gasteiger partial charge in [-0.25, -0.2) is 4.39 Å². The van der Waals surface area contributed by atoms with Gasteiger partial charge >= 0.3 is 0 Å². The number of carbonyl (C=O) groups is 1. The summed E-state index contributed by atoms with van der Waals surface area (Å²) in [5, 5.41) is 12.7. The highest BCUT2D eigenvalue weighted by atomic mass is 35.5. The average molecular weight is 406 g/mol. The maximum absolute atomic E-state index is 13.1. The van der Waals surface area contributed by atoms with Gasteiger partial charge in [-0.05, 0) is 59.3 Å². The lowest BCUT2D eigenvalue weighted by Gasteiger charge is -2.25. The number of nitrogens with zero attached hydrogens (tertiary/aromatic N) is 5. The predicted octanol–water partition coefficient (Wildman–Crippen LogP) is 3.77. The molecule has 0 bridgehead atoms. The van der Waals surface area contributed by atoms with Gasteiger partial charge in [0.15, 0.2) is 0 Å². The lowest BCUT2D eigenvalue weighted by atomic mass is 10.1. The number of hydrogen-bond acceptors (Lipinski definition) is 5. The van der Waals surface area contributed by atoms with Gasteiger partial charge in [0.05, 0.1) is 17.5 Å². The van der Waals surface area contributed by atoms with E-state index in [4.69, 9.17) is 11.6 Å². The third-order valence-electron chi connectivity index (χ3n) is 4.16. The van der Waals surface area contributed by atoms with Crippen LogP contribution in [0.2, 0.25) is 5.02 Å². The second-order valence-electron chi connectivity index (χ2n) is 5.87. The standard InChI is InChI=1S/C18H17ClFN5OS/c1-12(13-3-7-15(20)8-4-13)24(2)17(26)11-27-18-21-22-23-25(18)16-9-5-14(19)6-10-16/h3-10,12H,11H2,1-2H3. The largest absolute Gasteiger partial charge is 0.338 e. The Morgan fingerprint density at radius 3 is 2.56 bits per heavy atom. The predicted molar refractivity (Wildman–Crippen MR) is 102 cm³/mol. The zero-order chi connectivity index (χ0) is 19.4. The molecule has 0 saturated carbocycles. The molecule has 1 aromatic heterocycles. The van der Waals surface area contributed by atoms with E-state index in [9.17, 15) is 9.18 Å². The second kappa shape index (κ2) is 8.49. The van der Waals surface area contributed by atoms with Gasteiger partial charge in [0.1, 0.15) is 5.82 Å². The summed E-state index contributed by atoms with van der Waals surface area (Å²) in [5.41, 5.74) is 1.62. The summed E-state index contributed by atoms with van der Waals surface area (Å²) < 4.78 is 14.6. The number of rotatable bonds is 6. The van der Waals surface area contributed by atoms with Crippen molar-refractivity contribution in [3.8, 4) is 5.69 Å². The molecule has 0 aliphatic heterocycles. The Hall–Kier alpha value is -2.45. The van der Waals surface area contributed by atoms with Gasteiger partial charge in [-0.3, -0.25) is 4.79 Å². The van der Waals surface area contributed by atoms with E-state index >= 15 is 0 Å². The number of thioether (sulfide) groups is 1. The molecule has 0 N–H and O–H groups in total. The molecule has 1 atom stereocenters. The molecule has 6 nitrogen and oxygen atoms in total. The van der Waals surface area contributed by atoms with E-state index in [0.29, 0.717) is 10.2 Å². The van der Waals surface area contributed by atoms with E-state index in [-0.39, 0.29) is 23.5 Å². The Morgan fingerprint density at radius 2 is 1.89 bits per heavy atom. The lowest BCUT2D eigenvalue weighted by Crippen LogP contribution is -2.31. The van der Waals surface area contributed by atoms with Crippen LogP contribution in [0.25, 0.3) is 5.69 Å². The summed E-state index contributed by atoms with van der Waals surface area (Å²) in [4.78, 5) is 14.2. The highest BCUT2D eigenvalue weighted by Gasteiger charge is 2.19. The first kappa shape index (κ1) is 19.3. The first-order valence-corrected chi connectivity index (χ1v) is 9.50. The van der Waals surface area contributed by atoms with Crippen molar-refractivity contribution in [2.75, 3.05) is 12.8 Å². The van der Waals surface area contributed by atoms with Crippen LogP contribution in [0.1, 0.15) is 18.5 Å². The molecule has 3 aromatic rings. The summed E-state index contributed by atoms with van der Waals surface area (Å²) in [7, 11) is 1.72. The molecule has 0 aliphatic rings. The number of amides is 1. The minimum Gasteiger partial charge on any atom is -0.338 e. The monoisotopic (exact) mass is 405 g/mol. The maximum Gasteiger partial charge on any atom is 0.233 e. The highest BCUT2D eigenvalue weighted by molar-refractivity contribution is 7.99. The molecule has 0 saturated heterocycles. The molecule has 1 amide bonds. The van der Waals surface area contributed by atoms with Gasteiger partial charge < -0.3 is 4.90 Å². The van der Waals surface area contributed by atoms with E-state index < -0.39 is 0 Å². The highest BCUT2D eigenvalue weighted by Crippen LogP contribution is 2.23. The minimum absolute atomic E-state index is 0.0810. The fourth-order valence-corrected chi connectivity index (χ4v) is 3.36. The zero-order valence-electron chi connectivity index (χ0n) is 14.7. The van der Waals surface area contributed by atoms with Crippen LogP contribution < -0.4 is 0 Å². The molecular weight excluding hydrogens is 389 g/mol. The SMILES string of the molecule is CC(c1ccc(F)cc1)N(C)C(=O)CSc1nnnn1-c1ccc(Cl)cc1. The van der Waals surface area contributed by atoms with Crippen LogP contribution in [0.4, 0.5) is 4.39 Å². The molecule has 2 aromatic carbocycles. The third kappa shape index (κ3) is 4.64. The molecule has 0 aliphatic carbocycles. The van der Waals surface area contributed by atoms with Crippen LogP contribution in [0, 0.1) is 5.82 Å². The van der Waals surface area contributed by atoms with Crippen molar-refractivity contribution < 1.29 is 9.18 Å². The van der Waals surface area contributed by atoms with Crippen molar-refractivity contribution in [3.63, 3.8) is 0 Å². The number of benzene rings is 2. The summed E-state index contributed by atoms with van der Waals surface area (Å²) in [6.45, 7) is 1.90. The first-order valence-electron chi connectivity index (χ1n) is 8.14. The molecule has 140 valence electrons. The van der Waals surface area contributed by atoms with Gasteiger partial charge in [0.2, 0.25) is 11.1 Å². The van der Waals surface area contributed by atoms with Gasteiger partial charge in [-0.15, -0.1) is 5.10 Å². The van der Waals surface area contributed by atoms with Gasteiger partial charge in [-0.1, -0.05) is 35.5 Å². The molecule has 0 radical (unpaired) electrons. The Labute approximate surface area is 165 Å². The van der Waals surface area contributed by atoms with Crippen LogP contribution >= 0.6 is 23.4 Å². The molecule has 27 heavy (non-hydrogen) atoms. The van der Waals surface area contributed by atoms with Crippen molar-refractivity contribution >= 4 is 29.3 Å². The fourth-order valence-electron chi connectivity index (χ4n) is 2.42. The van der Waals surface area contributed by atoms with Crippen molar-refractivity contribution in [1.82, 2.24) is 25.1 Å². The van der Waals surface area contributed by atoms with Crippen molar-refractivity contribution in [2.24, 2.45) is 0 Å². The number of carbonyl (C=O) groups excluding carboxylic acids is 1. The quantitative estimate of drug-likeness (QED) is 0.584. The molecule has 0 fully saturated rings. The molecule has 0 spiro atoms. The summed E-state index contributed by atoms with van der Waals surface area (Å²) in [5.74, 6) is -0.206. The van der Waals surface area contributed by atoms with Crippen molar-refractivity contribution in [1.29, 1.82) is 0 Å². The van der Waals surface area contributed by atoms with E-state index in [0.717, 1.165) is 11.3 Å². The van der Waals surface area contributed by atoms with E-state index in [1.54, 1.807) is 53.0 Å². The second-order valence-corrected chi connectivity index (χ2v) is 7.25. The topological polar surface area (TPSA) is 63.9 Å². The maximum atomic E-state index is 13.1. The Bertz CT molecular complexity index is 916. The van der Waals surface area contributed by atoms with E-state index in [1.807, 2.05) is 6.92 Å². The molecular formula is C18H17ClFN5OS. The number of halogens is 2. The van der Waals surface area contributed by atoms with Crippen LogP contribution in [-0.2, 0) is 4.79 Å². The number of hydrogen-bond donors (Lipinski definition) is 0. The molecule has 3 rings (SSSR count). The Morgan fingerprint density at radius 1 is 1.22 bits per heavy atom. The normalized spacial score (nSPS) is 12.0.